The average Bonchev–Trinajstić information content (AvgIpc) is 2.85. The van der Waals surface area contributed by atoms with E-state index in [1.165, 1.54) is 0 Å². The highest BCUT2D eigenvalue weighted by molar-refractivity contribution is 6.74. The van der Waals surface area contributed by atoms with Gasteiger partial charge in [0.1, 0.15) is 18.0 Å². The van der Waals surface area contributed by atoms with Crippen LogP contribution in [0.1, 0.15) is 53.5 Å². The minimum atomic E-state index is -2.01. The Bertz CT molecular complexity index is 862. The van der Waals surface area contributed by atoms with Gasteiger partial charge in [0.05, 0.1) is 26.4 Å². The van der Waals surface area contributed by atoms with Gasteiger partial charge in [-0.2, -0.15) is 0 Å². The van der Waals surface area contributed by atoms with Gasteiger partial charge in [0, 0.05) is 12.5 Å². The predicted molar refractivity (Wildman–Crippen MR) is 154 cm³/mol. The van der Waals surface area contributed by atoms with E-state index in [4.69, 9.17) is 28.1 Å². The van der Waals surface area contributed by atoms with Crippen molar-refractivity contribution in [2.24, 2.45) is 5.92 Å². The second-order valence-electron chi connectivity index (χ2n) is 11.4. The normalized spacial score (nSPS) is 22.9. The van der Waals surface area contributed by atoms with E-state index in [1.54, 1.807) is 13.2 Å². The van der Waals surface area contributed by atoms with Gasteiger partial charge < -0.3 is 33.2 Å². The topological polar surface area (TPSA) is 75.6 Å². The SMILES string of the molecule is CCOC(C)O[C@@H](C/C=C/[C@@H]1OC(O[Si](C)(C)C(C)(C)C)C=C[C@@H]1O)[C@@H](C)COCc1ccc(OC)cc1. The maximum Gasteiger partial charge on any atom is 0.195 e. The number of methoxy groups -OCH3 is 1. The average molecular weight is 551 g/mol. The number of aliphatic hydroxyl groups is 1. The lowest BCUT2D eigenvalue weighted by Crippen LogP contribution is -2.46. The van der Waals surface area contributed by atoms with Crippen molar-refractivity contribution in [3.05, 3.63) is 54.1 Å². The molecule has 0 saturated carbocycles. The molecule has 2 rings (SSSR count). The first-order chi connectivity index (χ1) is 17.9. The van der Waals surface area contributed by atoms with E-state index in [1.807, 2.05) is 56.3 Å². The Morgan fingerprint density at radius 1 is 1.11 bits per heavy atom. The molecule has 0 aliphatic carbocycles. The molecule has 0 saturated heterocycles. The molecule has 1 N–H and O–H groups in total. The van der Waals surface area contributed by atoms with Crippen LogP contribution in [-0.4, -0.2) is 64.6 Å². The largest absolute Gasteiger partial charge is 0.497 e. The van der Waals surface area contributed by atoms with Gasteiger partial charge in [-0.1, -0.05) is 58.1 Å². The molecule has 7 nitrogen and oxygen atoms in total. The highest BCUT2D eigenvalue weighted by Crippen LogP contribution is 2.38. The Morgan fingerprint density at radius 2 is 1.79 bits per heavy atom. The summed E-state index contributed by atoms with van der Waals surface area (Å²) in [5.41, 5.74) is 1.09. The summed E-state index contributed by atoms with van der Waals surface area (Å²) in [6.07, 6.45) is 5.99. The van der Waals surface area contributed by atoms with Gasteiger partial charge in [0.15, 0.2) is 20.9 Å². The van der Waals surface area contributed by atoms with Crippen molar-refractivity contribution in [2.45, 2.75) is 104 Å². The fraction of sp³-hybridized carbons (Fsp3) is 0.667. The van der Waals surface area contributed by atoms with Crippen molar-refractivity contribution >= 4 is 8.32 Å². The minimum Gasteiger partial charge on any atom is -0.497 e. The molecule has 0 bridgehead atoms. The summed E-state index contributed by atoms with van der Waals surface area (Å²) in [6, 6.07) is 7.87. The molecule has 0 spiro atoms. The first-order valence-corrected chi connectivity index (χ1v) is 16.6. The van der Waals surface area contributed by atoms with Gasteiger partial charge in [0.25, 0.3) is 0 Å². The highest BCUT2D eigenvalue weighted by Gasteiger charge is 2.40. The zero-order valence-electron chi connectivity index (χ0n) is 24.8. The van der Waals surface area contributed by atoms with Crippen molar-refractivity contribution in [3.8, 4) is 5.75 Å². The van der Waals surface area contributed by atoms with E-state index in [0.717, 1.165) is 11.3 Å². The Labute approximate surface area is 231 Å². The van der Waals surface area contributed by atoms with Crippen molar-refractivity contribution in [3.63, 3.8) is 0 Å². The van der Waals surface area contributed by atoms with E-state index in [-0.39, 0.29) is 23.4 Å². The molecule has 216 valence electrons. The molecule has 1 aromatic carbocycles. The van der Waals surface area contributed by atoms with Crippen LogP contribution in [0.25, 0.3) is 0 Å². The van der Waals surface area contributed by atoms with Crippen molar-refractivity contribution < 1.29 is 33.2 Å². The summed E-state index contributed by atoms with van der Waals surface area (Å²) < 4.78 is 35.6. The standard InChI is InChI=1S/C30H50O7Si/c1-10-34-23(3)35-27(22(2)20-33-21-24-14-16-25(32-7)17-15-24)12-11-13-28-26(31)18-19-29(36-28)37-38(8,9)30(4,5)6/h11,13-19,22-23,26-29,31H,10,12,20-21H2,1-9H3/b13-11+/t22-,23?,26-,27-,28-,29?/m0/s1. The molecule has 0 amide bonds. The van der Waals surface area contributed by atoms with Crippen LogP contribution >= 0.6 is 0 Å². The van der Waals surface area contributed by atoms with Crippen LogP contribution in [0.3, 0.4) is 0 Å². The number of ether oxygens (including phenoxy) is 5. The van der Waals surface area contributed by atoms with Crippen LogP contribution in [0.15, 0.2) is 48.6 Å². The van der Waals surface area contributed by atoms with E-state index in [0.29, 0.717) is 26.2 Å². The molecule has 8 heteroatoms. The molecule has 38 heavy (non-hydrogen) atoms. The first kappa shape index (κ1) is 32.7. The van der Waals surface area contributed by atoms with Gasteiger partial charge >= 0.3 is 0 Å². The van der Waals surface area contributed by atoms with Crippen LogP contribution in [0.5, 0.6) is 5.75 Å². The number of hydrogen-bond acceptors (Lipinski definition) is 7. The van der Waals surface area contributed by atoms with Crippen LogP contribution in [0.4, 0.5) is 0 Å². The van der Waals surface area contributed by atoms with Gasteiger partial charge in [0.2, 0.25) is 0 Å². The maximum atomic E-state index is 10.5. The lowest BCUT2D eigenvalue weighted by molar-refractivity contribution is -0.172. The smallest absolute Gasteiger partial charge is 0.195 e. The van der Waals surface area contributed by atoms with Crippen LogP contribution in [-0.2, 0) is 30.0 Å². The van der Waals surface area contributed by atoms with Gasteiger partial charge in [-0.25, -0.2) is 0 Å². The van der Waals surface area contributed by atoms with E-state index in [2.05, 4.69) is 40.8 Å². The lowest BCUT2D eigenvalue weighted by atomic mass is 10.0. The molecule has 1 aromatic rings. The molecule has 0 radical (unpaired) electrons. The predicted octanol–water partition coefficient (Wildman–Crippen LogP) is 6.23. The molecule has 1 aliphatic rings. The number of benzene rings is 1. The summed E-state index contributed by atoms with van der Waals surface area (Å²) in [5.74, 6) is 0.945. The van der Waals surface area contributed by atoms with E-state index < -0.39 is 26.8 Å². The summed E-state index contributed by atoms with van der Waals surface area (Å²) in [5, 5.41) is 10.6. The van der Waals surface area contributed by atoms with Crippen molar-refractivity contribution in [2.75, 3.05) is 20.3 Å². The Balaban J connectivity index is 1.96. The quantitative estimate of drug-likeness (QED) is 0.158. The fourth-order valence-corrected chi connectivity index (χ4v) is 4.84. The van der Waals surface area contributed by atoms with Crippen LogP contribution in [0, 0.1) is 5.92 Å². The molecular formula is C30H50O7Si. The Hall–Kier alpha value is -1.52. The summed E-state index contributed by atoms with van der Waals surface area (Å²) in [6.45, 7) is 18.6. The third-order valence-corrected chi connectivity index (χ3v) is 11.6. The number of hydrogen-bond donors (Lipinski definition) is 1. The summed E-state index contributed by atoms with van der Waals surface area (Å²) in [7, 11) is -0.356. The monoisotopic (exact) mass is 550 g/mol. The summed E-state index contributed by atoms with van der Waals surface area (Å²) in [4.78, 5) is 0. The third kappa shape index (κ3) is 10.6. The zero-order valence-corrected chi connectivity index (χ0v) is 25.8. The maximum absolute atomic E-state index is 10.5. The molecule has 1 aliphatic heterocycles. The van der Waals surface area contributed by atoms with Gasteiger partial charge in [-0.15, -0.1) is 0 Å². The molecule has 2 unspecified atom stereocenters. The second kappa shape index (κ2) is 15.3. The number of rotatable bonds is 15. The molecule has 1 heterocycles. The van der Waals surface area contributed by atoms with Crippen molar-refractivity contribution in [1.82, 2.24) is 0 Å². The lowest BCUT2D eigenvalue weighted by Gasteiger charge is -2.40. The fourth-order valence-electron chi connectivity index (χ4n) is 3.77. The highest BCUT2D eigenvalue weighted by atomic mass is 28.4. The third-order valence-electron chi connectivity index (χ3n) is 7.22. The molecule has 0 fully saturated rings. The van der Waals surface area contributed by atoms with Crippen LogP contribution in [0.2, 0.25) is 18.1 Å². The second-order valence-corrected chi connectivity index (χ2v) is 16.2. The van der Waals surface area contributed by atoms with Gasteiger partial charge in [-0.3, -0.25) is 0 Å². The Morgan fingerprint density at radius 3 is 2.39 bits per heavy atom. The Kier molecular flexibility index (Phi) is 13.2. The van der Waals surface area contributed by atoms with Crippen LogP contribution < -0.4 is 4.74 Å². The molecular weight excluding hydrogens is 500 g/mol. The van der Waals surface area contributed by atoms with E-state index >= 15 is 0 Å². The molecule has 0 aromatic heterocycles. The van der Waals surface area contributed by atoms with E-state index in [9.17, 15) is 5.11 Å². The number of aliphatic hydroxyl groups excluding tert-OH is 1. The van der Waals surface area contributed by atoms with Gasteiger partial charge in [-0.05, 0) is 62.2 Å². The summed E-state index contributed by atoms with van der Waals surface area (Å²) >= 11 is 0. The first-order valence-electron chi connectivity index (χ1n) is 13.7. The minimum absolute atomic E-state index is 0.0685. The molecule has 6 atom stereocenters. The van der Waals surface area contributed by atoms with Crippen molar-refractivity contribution in [1.29, 1.82) is 0 Å². The zero-order chi connectivity index (χ0) is 28.3.